The van der Waals surface area contributed by atoms with Gasteiger partial charge in [-0.05, 0) is 18.1 Å². The molecule has 1 aliphatic rings. The molecule has 2 unspecified atom stereocenters. The zero-order valence-corrected chi connectivity index (χ0v) is 8.42. The topological polar surface area (TPSA) is 68.1 Å². The molecule has 1 saturated heterocycles. The molecular formula is C9H13ClN2O2. The van der Waals surface area contributed by atoms with E-state index < -0.39 is 0 Å². The molecule has 0 spiro atoms. The largest absolute Gasteiger partial charge is 0.372 e. The SMILES string of the molecule is Cl.NC1CCOC1c1ccc(=O)[nH]c1. The molecule has 14 heavy (non-hydrogen) atoms. The second kappa shape index (κ2) is 4.59. The maximum atomic E-state index is 10.8. The molecule has 1 fully saturated rings. The van der Waals surface area contributed by atoms with Crippen molar-refractivity contribution in [1.82, 2.24) is 4.98 Å². The number of ether oxygens (including phenoxy) is 1. The highest BCUT2D eigenvalue weighted by molar-refractivity contribution is 5.85. The molecule has 0 aliphatic carbocycles. The van der Waals surface area contributed by atoms with Gasteiger partial charge in [0.25, 0.3) is 0 Å². The quantitative estimate of drug-likeness (QED) is 0.722. The fourth-order valence-corrected chi connectivity index (χ4v) is 1.55. The zero-order valence-electron chi connectivity index (χ0n) is 7.60. The molecule has 5 heteroatoms. The van der Waals surface area contributed by atoms with Gasteiger partial charge < -0.3 is 15.5 Å². The highest BCUT2D eigenvalue weighted by Crippen LogP contribution is 2.26. The Morgan fingerprint density at radius 1 is 1.50 bits per heavy atom. The Morgan fingerprint density at radius 3 is 2.79 bits per heavy atom. The predicted molar refractivity (Wildman–Crippen MR) is 55.6 cm³/mol. The lowest BCUT2D eigenvalue weighted by Gasteiger charge is -2.13. The van der Waals surface area contributed by atoms with Gasteiger partial charge in [0, 0.05) is 24.9 Å². The molecule has 2 heterocycles. The van der Waals surface area contributed by atoms with Crippen molar-refractivity contribution in [2.24, 2.45) is 5.73 Å². The van der Waals surface area contributed by atoms with Crippen LogP contribution in [0.15, 0.2) is 23.1 Å². The average molecular weight is 217 g/mol. The first-order valence-electron chi connectivity index (χ1n) is 4.33. The Labute approximate surface area is 87.9 Å². The summed E-state index contributed by atoms with van der Waals surface area (Å²) < 4.78 is 5.44. The lowest BCUT2D eigenvalue weighted by molar-refractivity contribution is 0.105. The van der Waals surface area contributed by atoms with E-state index in [-0.39, 0.29) is 30.1 Å². The molecule has 4 nitrogen and oxygen atoms in total. The maximum Gasteiger partial charge on any atom is 0.247 e. The number of nitrogens with two attached hydrogens (primary N) is 1. The van der Waals surface area contributed by atoms with E-state index in [0.717, 1.165) is 12.0 Å². The van der Waals surface area contributed by atoms with E-state index in [0.29, 0.717) is 6.61 Å². The molecule has 1 aliphatic heterocycles. The number of nitrogens with one attached hydrogen (secondary N) is 1. The summed E-state index contributed by atoms with van der Waals surface area (Å²) in [6, 6.07) is 3.30. The average Bonchev–Trinajstić information content (AvgIpc) is 2.53. The zero-order chi connectivity index (χ0) is 9.26. The van der Waals surface area contributed by atoms with Crippen LogP contribution in [0.25, 0.3) is 0 Å². The summed E-state index contributed by atoms with van der Waals surface area (Å²) in [7, 11) is 0. The summed E-state index contributed by atoms with van der Waals surface area (Å²) in [5.74, 6) is 0. The Balaban J connectivity index is 0.000000980. The molecular weight excluding hydrogens is 204 g/mol. The van der Waals surface area contributed by atoms with E-state index in [1.807, 2.05) is 0 Å². The van der Waals surface area contributed by atoms with Gasteiger partial charge in [0.05, 0.1) is 6.10 Å². The molecule has 0 aromatic carbocycles. The minimum atomic E-state index is -0.102. The van der Waals surface area contributed by atoms with Crippen LogP contribution in [0.2, 0.25) is 0 Å². The van der Waals surface area contributed by atoms with Crippen molar-refractivity contribution >= 4 is 12.4 Å². The smallest absolute Gasteiger partial charge is 0.247 e. The third kappa shape index (κ3) is 2.15. The number of hydrogen-bond donors (Lipinski definition) is 2. The second-order valence-corrected chi connectivity index (χ2v) is 3.23. The predicted octanol–water partition coefficient (Wildman–Crippen LogP) is 0.585. The van der Waals surface area contributed by atoms with Gasteiger partial charge >= 0.3 is 0 Å². The number of halogens is 1. The first-order chi connectivity index (χ1) is 6.27. The molecule has 1 aromatic rings. The fourth-order valence-electron chi connectivity index (χ4n) is 1.55. The monoisotopic (exact) mass is 216 g/mol. The summed E-state index contributed by atoms with van der Waals surface area (Å²) in [6.07, 6.45) is 2.49. The Hall–Kier alpha value is -0.840. The van der Waals surface area contributed by atoms with Crippen LogP contribution in [0.3, 0.4) is 0 Å². The summed E-state index contributed by atoms with van der Waals surface area (Å²) >= 11 is 0. The van der Waals surface area contributed by atoms with Crippen molar-refractivity contribution in [2.45, 2.75) is 18.6 Å². The molecule has 2 atom stereocenters. The molecule has 0 amide bonds. The number of pyridine rings is 1. The van der Waals surface area contributed by atoms with Crippen LogP contribution in [0.5, 0.6) is 0 Å². The highest BCUT2D eigenvalue weighted by atomic mass is 35.5. The van der Waals surface area contributed by atoms with Crippen molar-refractivity contribution in [3.05, 3.63) is 34.2 Å². The van der Waals surface area contributed by atoms with Gasteiger partial charge in [-0.2, -0.15) is 0 Å². The highest BCUT2D eigenvalue weighted by Gasteiger charge is 2.26. The normalized spacial score (nSPS) is 25.8. The third-order valence-corrected chi connectivity index (χ3v) is 2.27. The molecule has 0 bridgehead atoms. The van der Waals surface area contributed by atoms with Crippen molar-refractivity contribution in [2.75, 3.05) is 6.61 Å². The molecule has 2 rings (SSSR count). The van der Waals surface area contributed by atoms with Crippen LogP contribution in [-0.2, 0) is 4.74 Å². The van der Waals surface area contributed by atoms with Crippen molar-refractivity contribution in [1.29, 1.82) is 0 Å². The van der Waals surface area contributed by atoms with E-state index in [1.54, 1.807) is 12.3 Å². The van der Waals surface area contributed by atoms with Gasteiger partial charge in [0.1, 0.15) is 0 Å². The lowest BCUT2D eigenvalue weighted by atomic mass is 10.1. The van der Waals surface area contributed by atoms with Gasteiger partial charge in [0.2, 0.25) is 5.56 Å². The minimum Gasteiger partial charge on any atom is -0.372 e. The third-order valence-electron chi connectivity index (χ3n) is 2.27. The summed E-state index contributed by atoms with van der Waals surface area (Å²) in [5.41, 5.74) is 6.68. The van der Waals surface area contributed by atoms with E-state index in [2.05, 4.69) is 4.98 Å². The number of rotatable bonds is 1. The number of aromatic amines is 1. The molecule has 78 valence electrons. The van der Waals surface area contributed by atoms with Gasteiger partial charge in [-0.15, -0.1) is 12.4 Å². The number of hydrogen-bond acceptors (Lipinski definition) is 3. The van der Waals surface area contributed by atoms with Crippen LogP contribution in [-0.4, -0.2) is 17.6 Å². The van der Waals surface area contributed by atoms with E-state index in [4.69, 9.17) is 10.5 Å². The number of aromatic nitrogens is 1. The van der Waals surface area contributed by atoms with E-state index in [9.17, 15) is 4.79 Å². The molecule has 3 N–H and O–H groups in total. The first kappa shape index (κ1) is 11.2. The van der Waals surface area contributed by atoms with Crippen LogP contribution in [0.4, 0.5) is 0 Å². The Bertz CT molecular complexity index is 332. The molecule has 0 saturated carbocycles. The van der Waals surface area contributed by atoms with Crippen LogP contribution in [0, 0.1) is 0 Å². The van der Waals surface area contributed by atoms with Crippen LogP contribution >= 0.6 is 12.4 Å². The number of H-pyrrole nitrogens is 1. The molecule has 1 aromatic heterocycles. The van der Waals surface area contributed by atoms with E-state index in [1.165, 1.54) is 6.07 Å². The van der Waals surface area contributed by atoms with Crippen LogP contribution in [0.1, 0.15) is 18.1 Å². The summed E-state index contributed by atoms with van der Waals surface area (Å²) in [5, 5.41) is 0. The van der Waals surface area contributed by atoms with Crippen molar-refractivity contribution in [3.63, 3.8) is 0 Å². The fraction of sp³-hybridized carbons (Fsp3) is 0.444. The van der Waals surface area contributed by atoms with Gasteiger partial charge in [-0.1, -0.05) is 0 Å². The van der Waals surface area contributed by atoms with Crippen LogP contribution < -0.4 is 11.3 Å². The van der Waals surface area contributed by atoms with Gasteiger partial charge in [-0.25, -0.2) is 0 Å². The molecule has 0 radical (unpaired) electrons. The first-order valence-corrected chi connectivity index (χ1v) is 4.33. The summed E-state index contributed by atoms with van der Waals surface area (Å²) in [4.78, 5) is 13.4. The second-order valence-electron chi connectivity index (χ2n) is 3.23. The van der Waals surface area contributed by atoms with Crippen molar-refractivity contribution in [3.8, 4) is 0 Å². The Kier molecular flexibility index (Phi) is 3.69. The van der Waals surface area contributed by atoms with Gasteiger partial charge in [0.15, 0.2) is 0 Å². The van der Waals surface area contributed by atoms with Crippen molar-refractivity contribution < 1.29 is 4.74 Å². The lowest BCUT2D eigenvalue weighted by Crippen LogP contribution is -2.24. The standard InChI is InChI=1S/C9H12N2O2.ClH/c10-7-3-4-13-9(7)6-1-2-8(12)11-5-6;/h1-2,5,7,9H,3-4,10H2,(H,11,12);1H. The minimum absolute atomic E-state index is 0. The van der Waals surface area contributed by atoms with E-state index >= 15 is 0 Å². The Morgan fingerprint density at radius 2 is 2.29 bits per heavy atom. The summed E-state index contributed by atoms with van der Waals surface area (Å²) in [6.45, 7) is 0.699. The van der Waals surface area contributed by atoms with Gasteiger partial charge in [-0.3, -0.25) is 4.79 Å². The maximum absolute atomic E-state index is 10.8.